The van der Waals surface area contributed by atoms with E-state index in [2.05, 4.69) is 170 Å². The van der Waals surface area contributed by atoms with Crippen molar-refractivity contribution < 1.29 is 0 Å². The second-order valence-corrected chi connectivity index (χ2v) is 12.5. The lowest BCUT2D eigenvalue weighted by atomic mass is 9.90. The highest BCUT2D eigenvalue weighted by Crippen LogP contribution is 2.42. The molecule has 0 atom stereocenters. The summed E-state index contributed by atoms with van der Waals surface area (Å²) in [5.41, 5.74) is 5.07. The summed E-state index contributed by atoms with van der Waals surface area (Å²) in [7, 11) is 0. The van der Waals surface area contributed by atoms with Gasteiger partial charge in [-0.3, -0.25) is 0 Å². The predicted octanol–water partition coefficient (Wildman–Crippen LogP) is 12.4. The van der Waals surface area contributed by atoms with Crippen LogP contribution in [0.1, 0.15) is 0 Å². The maximum Gasteiger partial charge on any atom is 0.161 e. The summed E-state index contributed by atoms with van der Waals surface area (Å²) in [4.78, 5) is 10.9. The van der Waals surface area contributed by atoms with E-state index in [4.69, 9.17) is 9.97 Å². The molecule has 0 unspecified atom stereocenters. The van der Waals surface area contributed by atoms with Crippen LogP contribution in [0.3, 0.4) is 0 Å². The van der Waals surface area contributed by atoms with E-state index in [1.54, 1.807) is 0 Å². The molecule has 0 aliphatic heterocycles. The van der Waals surface area contributed by atoms with Gasteiger partial charge in [0.25, 0.3) is 0 Å². The predicted molar refractivity (Wildman–Crippen MR) is 203 cm³/mol. The van der Waals surface area contributed by atoms with Gasteiger partial charge < -0.3 is 0 Å². The number of nitrogens with zero attached hydrogens (tertiary/aromatic N) is 2. The number of aromatic nitrogens is 2. The normalized spacial score (nSPS) is 11.8. The van der Waals surface area contributed by atoms with E-state index in [0.717, 1.165) is 44.7 Å². The van der Waals surface area contributed by atoms with Crippen LogP contribution in [0, 0.1) is 0 Å². The summed E-state index contributed by atoms with van der Waals surface area (Å²) in [6, 6.07) is 60.9. The van der Waals surface area contributed by atoms with Crippen molar-refractivity contribution in [2.45, 2.75) is 0 Å². The van der Waals surface area contributed by atoms with Crippen LogP contribution in [0.25, 0.3) is 98.5 Å². The molecule has 0 N–H and O–H groups in total. The molecule has 2 nitrogen and oxygen atoms in total. The Morgan fingerprint density at radius 3 is 1.33 bits per heavy atom. The van der Waals surface area contributed by atoms with Crippen molar-refractivity contribution in [2.75, 3.05) is 0 Å². The van der Waals surface area contributed by atoms with Crippen molar-refractivity contribution >= 4 is 64.6 Å². The minimum absolute atomic E-state index is 0.727. The van der Waals surface area contributed by atoms with Crippen molar-refractivity contribution in [3.05, 3.63) is 170 Å². The summed E-state index contributed by atoms with van der Waals surface area (Å²) < 4.78 is 0. The molecule has 10 rings (SSSR count). The molecule has 48 heavy (non-hydrogen) atoms. The van der Waals surface area contributed by atoms with E-state index in [0.29, 0.717) is 0 Å². The molecule has 222 valence electrons. The second kappa shape index (κ2) is 10.6. The molecule has 0 bridgehead atoms. The van der Waals surface area contributed by atoms with Gasteiger partial charge in [0.15, 0.2) is 5.82 Å². The highest BCUT2D eigenvalue weighted by atomic mass is 14.9. The van der Waals surface area contributed by atoms with Crippen molar-refractivity contribution in [2.24, 2.45) is 0 Å². The Kier molecular flexibility index (Phi) is 5.91. The van der Waals surface area contributed by atoms with Crippen LogP contribution in [0.5, 0.6) is 0 Å². The molecule has 1 heterocycles. The van der Waals surface area contributed by atoms with Crippen LogP contribution in [0.2, 0.25) is 0 Å². The first-order chi connectivity index (χ1) is 23.8. The van der Waals surface area contributed by atoms with Crippen molar-refractivity contribution in [1.29, 1.82) is 0 Å². The Bertz CT molecular complexity index is 2710. The van der Waals surface area contributed by atoms with Crippen molar-refractivity contribution in [3.8, 4) is 33.9 Å². The monoisotopic (exact) mass is 608 g/mol. The Morgan fingerprint density at radius 1 is 0.271 bits per heavy atom. The standard InChI is InChI=1S/C46H28N2/c1-2-14-31(15-3-1)42-28-43(44-36-20-10-6-16-32(36)26-40-34-18-8-4-12-29(34)22-24-38(40)44)48-46(47-42)45-37-21-11-7-17-33(37)27-41-35-19-9-5-13-30(35)23-25-39(41)45/h1-28H. The first-order valence-electron chi connectivity index (χ1n) is 16.4. The van der Waals surface area contributed by atoms with Crippen LogP contribution in [-0.4, -0.2) is 9.97 Å². The topological polar surface area (TPSA) is 25.8 Å². The van der Waals surface area contributed by atoms with Crippen LogP contribution >= 0.6 is 0 Å². The van der Waals surface area contributed by atoms with Gasteiger partial charge >= 0.3 is 0 Å². The van der Waals surface area contributed by atoms with Gasteiger partial charge in [-0.1, -0.05) is 152 Å². The zero-order valence-electron chi connectivity index (χ0n) is 26.1. The molecule has 0 fully saturated rings. The van der Waals surface area contributed by atoms with E-state index in [1.807, 2.05) is 0 Å². The summed E-state index contributed by atoms with van der Waals surface area (Å²) in [5.74, 6) is 0.727. The van der Waals surface area contributed by atoms with E-state index in [9.17, 15) is 0 Å². The third-order valence-electron chi connectivity index (χ3n) is 9.82. The molecule has 0 saturated carbocycles. The number of hydrogen-bond acceptors (Lipinski definition) is 2. The molecule has 2 heteroatoms. The maximum atomic E-state index is 5.55. The first-order valence-corrected chi connectivity index (χ1v) is 16.4. The number of benzene rings is 9. The summed E-state index contributed by atoms with van der Waals surface area (Å²) >= 11 is 0. The molecule has 0 radical (unpaired) electrons. The van der Waals surface area contributed by atoms with Crippen LogP contribution in [0.15, 0.2) is 170 Å². The van der Waals surface area contributed by atoms with Crippen molar-refractivity contribution in [1.82, 2.24) is 9.97 Å². The molecule has 10 aromatic rings. The lowest BCUT2D eigenvalue weighted by Gasteiger charge is -2.17. The van der Waals surface area contributed by atoms with Gasteiger partial charge in [-0.2, -0.15) is 0 Å². The average molecular weight is 609 g/mol. The highest BCUT2D eigenvalue weighted by molar-refractivity contribution is 6.21. The number of hydrogen-bond donors (Lipinski definition) is 0. The SMILES string of the molecule is c1ccc(-c2cc(-c3c4ccccc4cc4c3ccc3ccccc34)nc(-c3c4ccccc4cc4c3ccc3ccccc34)n2)cc1. The fourth-order valence-corrected chi connectivity index (χ4v) is 7.60. The van der Waals surface area contributed by atoms with Gasteiger partial charge in [-0.15, -0.1) is 0 Å². The molecule has 0 aliphatic carbocycles. The maximum absolute atomic E-state index is 5.55. The van der Waals surface area contributed by atoms with Crippen LogP contribution < -0.4 is 0 Å². The average Bonchev–Trinajstić information content (AvgIpc) is 3.16. The second-order valence-electron chi connectivity index (χ2n) is 12.5. The minimum Gasteiger partial charge on any atom is -0.228 e. The third kappa shape index (κ3) is 4.13. The smallest absolute Gasteiger partial charge is 0.161 e. The molecule has 0 aliphatic rings. The molecular weight excluding hydrogens is 581 g/mol. The van der Waals surface area contributed by atoms with Gasteiger partial charge in [0.05, 0.1) is 11.4 Å². The first kappa shape index (κ1) is 26.8. The molecule has 0 amide bonds. The summed E-state index contributed by atoms with van der Waals surface area (Å²) in [6.45, 7) is 0. The van der Waals surface area contributed by atoms with Gasteiger partial charge in [-0.05, 0) is 82.8 Å². The zero-order chi connectivity index (χ0) is 31.6. The van der Waals surface area contributed by atoms with Gasteiger partial charge in [0, 0.05) is 16.7 Å². The Labute approximate surface area is 277 Å². The van der Waals surface area contributed by atoms with Gasteiger partial charge in [0.1, 0.15) is 0 Å². The Balaban J connectivity index is 1.37. The van der Waals surface area contributed by atoms with E-state index in [1.165, 1.54) is 53.9 Å². The number of fused-ring (bicyclic) bond motifs is 8. The Morgan fingerprint density at radius 2 is 0.729 bits per heavy atom. The molecule has 0 saturated heterocycles. The molecule has 9 aromatic carbocycles. The van der Waals surface area contributed by atoms with Gasteiger partial charge in [-0.25, -0.2) is 9.97 Å². The lowest BCUT2D eigenvalue weighted by Crippen LogP contribution is -1.99. The fourth-order valence-electron chi connectivity index (χ4n) is 7.60. The fraction of sp³-hybridized carbons (Fsp3) is 0. The highest BCUT2D eigenvalue weighted by Gasteiger charge is 2.20. The lowest BCUT2D eigenvalue weighted by molar-refractivity contribution is 1.19. The molecule has 0 spiro atoms. The summed E-state index contributed by atoms with van der Waals surface area (Å²) in [5, 5.41) is 14.4. The van der Waals surface area contributed by atoms with Crippen LogP contribution in [-0.2, 0) is 0 Å². The summed E-state index contributed by atoms with van der Waals surface area (Å²) in [6.07, 6.45) is 0. The van der Waals surface area contributed by atoms with E-state index < -0.39 is 0 Å². The molecular formula is C46H28N2. The molecule has 1 aromatic heterocycles. The van der Waals surface area contributed by atoms with Crippen molar-refractivity contribution in [3.63, 3.8) is 0 Å². The van der Waals surface area contributed by atoms with E-state index >= 15 is 0 Å². The van der Waals surface area contributed by atoms with Gasteiger partial charge in [0.2, 0.25) is 0 Å². The van der Waals surface area contributed by atoms with E-state index in [-0.39, 0.29) is 0 Å². The third-order valence-corrected chi connectivity index (χ3v) is 9.82. The largest absolute Gasteiger partial charge is 0.228 e. The zero-order valence-corrected chi connectivity index (χ0v) is 26.1. The van der Waals surface area contributed by atoms with Crippen LogP contribution in [0.4, 0.5) is 0 Å². The number of rotatable bonds is 3. The quantitative estimate of drug-likeness (QED) is 0.147. The minimum atomic E-state index is 0.727. The Hall–Kier alpha value is -6.38.